The Morgan fingerprint density at radius 2 is 2.18 bits per heavy atom. The number of nitrogens with one attached hydrogen (secondary N) is 1. The lowest BCUT2D eigenvalue weighted by molar-refractivity contribution is 0.102. The Balaban J connectivity index is 1.73. The maximum absolute atomic E-state index is 12.1. The van der Waals surface area contributed by atoms with Gasteiger partial charge < -0.3 is 4.74 Å². The molecule has 6 nitrogen and oxygen atoms in total. The molecule has 0 aromatic carbocycles. The maximum Gasteiger partial charge on any atom is 0.259 e. The van der Waals surface area contributed by atoms with E-state index < -0.39 is 0 Å². The van der Waals surface area contributed by atoms with Crippen LogP contribution in [-0.2, 0) is 0 Å². The second-order valence-electron chi connectivity index (χ2n) is 4.32. The largest absolute Gasteiger partial charge is 0.481 e. The van der Waals surface area contributed by atoms with Crippen LogP contribution in [0.1, 0.15) is 10.4 Å². The van der Waals surface area contributed by atoms with Gasteiger partial charge in [0, 0.05) is 35.6 Å². The molecule has 3 rings (SSSR count). The van der Waals surface area contributed by atoms with E-state index in [2.05, 4.69) is 20.3 Å². The fourth-order valence-electron chi connectivity index (χ4n) is 1.78. The molecule has 3 aromatic rings. The van der Waals surface area contributed by atoms with Gasteiger partial charge in [-0.2, -0.15) is 0 Å². The van der Waals surface area contributed by atoms with Crippen molar-refractivity contribution in [3.05, 3.63) is 53.8 Å². The van der Waals surface area contributed by atoms with Gasteiger partial charge >= 0.3 is 0 Å². The Morgan fingerprint density at radius 1 is 1.27 bits per heavy atom. The third kappa shape index (κ3) is 3.09. The number of hydrogen-bond donors (Lipinski definition) is 1. The normalized spacial score (nSPS) is 10.2. The summed E-state index contributed by atoms with van der Waals surface area (Å²) in [4.78, 5) is 24.6. The predicted octanol–water partition coefficient (Wildman–Crippen LogP) is 2.86. The fraction of sp³-hybridized carbons (Fsp3) is 0.0667. The number of nitrogens with zero attached hydrogens (tertiary/aromatic N) is 3. The SMILES string of the molecule is COc1ccc(C(=O)Nc2nc(-c3cccnc3)cs2)cn1. The molecule has 0 aliphatic heterocycles. The third-order valence-electron chi connectivity index (χ3n) is 2.89. The summed E-state index contributed by atoms with van der Waals surface area (Å²) in [5.74, 6) is 0.201. The van der Waals surface area contributed by atoms with E-state index >= 15 is 0 Å². The molecule has 0 saturated carbocycles. The van der Waals surface area contributed by atoms with Crippen molar-refractivity contribution in [2.45, 2.75) is 0 Å². The van der Waals surface area contributed by atoms with Crippen molar-refractivity contribution in [2.24, 2.45) is 0 Å². The van der Waals surface area contributed by atoms with Crippen LogP contribution in [0.2, 0.25) is 0 Å². The van der Waals surface area contributed by atoms with E-state index in [1.54, 1.807) is 24.5 Å². The summed E-state index contributed by atoms with van der Waals surface area (Å²) in [6.45, 7) is 0. The number of hydrogen-bond acceptors (Lipinski definition) is 6. The number of aromatic nitrogens is 3. The van der Waals surface area contributed by atoms with Crippen LogP contribution in [0.4, 0.5) is 5.13 Å². The predicted molar refractivity (Wildman–Crippen MR) is 84.1 cm³/mol. The molecular weight excluding hydrogens is 300 g/mol. The minimum absolute atomic E-state index is 0.262. The number of carbonyl (C=O) groups excluding carboxylic acids is 1. The van der Waals surface area contributed by atoms with Crippen molar-refractivity contribution in [1.29, 1.82) is 0 Å². The molecule has 0 fully saturated rings. The van der Waals surface area contributed by atoms with E-state index in [1.807, 2.05) is 17.5 Å². The van der Waals surface area contributed by atoms with Crippen molar-refractivity contribution in [1.82, 2.24) is 15.0 Å². The van der Waals surface area contributed by atoms with Crippen LogP contribution < -0.4 is 10.1 Å². The van der Waals surface area contributed by atoms with E-state index in [1.165, 1.54) is 24.6 Å². The van der Waals surface area contributed by atoms with E-state index in [0.717, 1.165) is 11.3 Å². The molecule has 22 heavy (non-hydrogen) atoms. The summed E-state index contributed by atoms with van der Waals surface area (Å²) in [7, 11) is 1.53. The molecule has 1 N–H and O–H groups in total. The van der Waals surface area contributed by atoms with Gasteiger partial charge in [0.1, 0.15) is 0 Å². The van der Waals surface area contributed by atoms with Crippen LogP contribution >= 0.6 is 11.3 Å². The molecule has 3 heterocycles. The molecule has 3 aromatic heterocycles. The van der Waals surface area contributed by atoms with Crippen molar-refractivity contribution >= 4 is 22.4 Å². The molecular formula is C15H12N4O2S. The van der Waals surface area contributed by atoms with Crippen molar-refractivity contribution < 1.29 is 9.53 Å². The minimum atomic E-state index is -0.262. The standard InChI is InChI=1S/C15H12N4O2S/c1-21-13-5-4-11(8-17-13)14(20)19-15-18-12(9-22-15)10-3-2-6-16-7-10/h2-9H,1H3,(H,18,19,20). The second-order valence-corrected chi connectivity index (χ2v) is 5.18. The average Bonchev–Trinajstić information content (AvgIpc) is 3.04. The van der Waals surface area contributed by atoms with E-state index in [-0.39, 0.29) is 5.91 Å². The van der Waals surface area contributed by atoms with Crippen LogP contribution in [0.3, 0.4) is 0 Å². The topological polar surface area (TPSA) is 77.0 Å². The number of amides is 1. The molecule has 0 unspecified atom stereocenters. The number of rotatable bonds is 4. The molecule has 0 saturated heterocycles. The highest BCUT2D eigenvalue weighted by atomic mass is 32.1. The first kappa shape index (κ1) is 14.2. The molecule has 0 aliphatic carbocycles. The zero-order valence-corrected chi connectivity index (χ0v) is 12.5. The highest BCUT2D eigenvalue weighted by Gasteiger charge is 2.10. The summed E-state index contributed by atoms with van der Waals surface area (Å²) in [6, 6.07) is 7.05. The monoisotopic (exact) mass is 312 g/mol. The number of pyridine rings is 2. The van der Waals surface area contributed by atoms with Crippen LogP contribution in [0, 0.1) is 0 Å². The number of anilines is 1. The Hall–Kier alpha value is -2.80. The average molecular weight is 312 g/mol. The first-order chi connectivity index (χ1) is 10.8. The van der Waals surface area contributed by atoms with E-state index in [0.29, 0.717) is 16.6 Å². The molecule has 0 atom stereocenters. The summed E-state index contributed by atoms with van der Waals surface area (Å²) < 4.78 is 4.96. The first-order valence-electron chi connectivity index (χ1n) is 6.43. The Kier molecular flexibility index (Phi) is 4.06. The molecule has 0 bridgehead atoms. The summed E-state index contributed by atoms with van der Waals surface area (Å²) >= 11 is 1.36. The summed E-state index contributed by atoms with van der Waals surface area (Å²) in [5, 5.41) is 5.15. The maximum atomic E-state index is 12.1. The quantitative estimate of drug-likeness (QED) is 0.801. The number of ether oxygens (including phenoxy) is 1. The van der Waals surface area contributed by atoms with Crippen LogP contribution in [0.25, 0.3) is 11.3 Å². The van der Waals surface area contributed by atoms with Gasteiger partial charge in [0.15, 0.2) is 5.13 Å². The third-order valence-corrected chi connectivity index (χ3v) is 3.65. The van der Waals surface area contributed by atoms with Gasteiger partial charge in [-0.1, -0.05) is 0 Å². The summed E-state index contributed by atoms with van der Waals surface area (Å²) in [6.07, 6.45) is 4.90. The number of carbonyl (C=O) groups is 1. The van der Waals surface area contributed by atoms with Gasteiger partial charge in [0.25, 0.3) is 5.91 Å². The first-order valence-corrected chi connectivity index (χ1v) is 7.31. The van der Waals surface area contributed by atoms with Crippen LogP contribution in [0.15, 0.2) is 48.2 Å². The number of thiazole rings is 1. The highest BCUT2D eigenvalue weighted by Crippen LogP contribution is 2.24. The highest BCUT2D eigenvalue weighted by molar-refractivity contribution is 7.14. The van der Waals surface area contributed by atoms with Crippen molar-refractivity contribution in [2.75, 3.05) is 12.4 Å². The smallest absolute Gasteiger partial charge is 0.259 e. The number of methoxy groups -OCH3 is 1. The minimum Gasteiger partial charge on any atom is -0.481 e. The van der Waals surface area contributed by atoms with Crippen molar-refractivity contribution in [3.8, 4) is 17.1 Å². The Morgan fingerprint density at radius 3 is 2.86 bits per heavy atom. The van der Waals surface area contributed by atoms with Gasteiger partial charge in [-0.05, 0) is 18.2 Å². The summed E-state index contributed by atoms with van der Waals surface area (Å²) in [5.41, 5.74) is 2.13. The molecule has 7 heteroatoms. The van der Waals surface area contributed by atoms with Crippen LogP contribution in [-0.4, -0.2) is 28.0 Å². The molecule has 110 valence electrons. The molecule has 0 radical (unpaired) electrons. The van der Waals surface area contributed by atoms with Gasteiger partial charge in [-0.3, -0.25) is 15.1 Å². The zero-order chi connectivity index (χ0) is 15.4. The zero-order valence-electron chi connectivity index (χ0n) is 11.7. The Labute approximate surface area is 130 Å². The lowest BCUT2D eigenvalue weighted by atomic mass is 10.2. The molecule has 0 spiro atoms. The van der Waals surface area contributed by atoms with Gasteiger partial charge in [-0.25, -0.2) is 9.97 Å². The van der Waals surface area contributed by atoms with Crippen LogP contribution in [0.5, 0.6) is 5.88 Å². The lowest BCUT2D eigenvalue weighted by Gasteiger charge is -2.02. The second kappa shape index (κ2) is 6.31. The molecule has 0 aliphatic rings. The van der Waals surface area contributed by atoms with Gasteiger partial charge in [0.2, 0.25) is 5.88 Å². The van der Waals surface area contributed by atoms with Gasteiger partial charge in [0.05, 0.1) is 18.4 Å². The van der Waals surface area contributed by atoms with Crippen molar-refractivity contribution in [3.63, 3.8) is 0 Å². The lowest BCUT2D eigenvalue weighted by Crippen LogP contribution is -2.12. The van der Waals surface area contributed by atoms with E-state index in [4.69, 9.17) is 4.74 Å². The molecule has 1 amide bonds. The van der Waals surface area contributed by atoms with Gasteiger partial charge in [-0.15, -0.1) is 11.3 Å². The Bertz CT molecular complexity index is 772. The fourth-order valence-corrected chi connectivity index (χ4v) is 2.50. The van der Waals surface area contributed by atoms with E-state index in [9.17, 15) is 4.79 Å².